The molecule has 1 amide bonds. The molecule has 2 aliphatic heterocycles. The van der Waals surface area contributed by atoms with Crippen molar-refractivity contribution in [3.63, 3.8) is 0 Å². The molecule has 0 aromatic heterocycles. The molecule has 1 fully saturated rings. The molecule has 1 unspecified atom stereocenters. The average molecular weight is 306 g/mol. The SMILES string of the molecule is NC(C(=O)NCc1ccc2c(c1)OCCO2)C1CCOCC1. The molecule has 0 bridgehead atoms. The lowest BCUT2D eigenvalue weighted by Crippen LogP contribution is -2.46. The van der Waals surface area contributed by atoms with Crippen molar-refractivity contribution in [3.05, 3.63) is 23.8 Å². The summed E-state index contributed by atoms with van der Waals surface area (Å²) < 4.78 is 16.3. The first-order valence-electron chi connectivity index (χ1n) is 7.73. The van der Waals surface area contributed by atoms with Gasteiger partial charge in [0.2, 0.25) is 5.91 Å². The summed E-state index contributed by atoms with van der Waals surface area (Å²) in [5.74, 6) is 1.57. The summed E-state index contributed by atoms with van der Waals surface area (Å²) in [5.41, 5.74) is 7.02. The molecule has 0 aliphatic carbocycles. The summed E-state index contributed by atoms with van der Waals surface area (Å²) in [4.78, 5) is 12.2. The van der Waals surface area contributed by atoms with Gasteiger partial charge in [0, 0.05) is 19.8 Å². The smallest absolute Gasteiger partial charge is 0.237 e. The number of nitrogens with one attached hydrogen (secondary N) is 1. The Morgan fingerprint density at radius 3 is 2.68 bits per heavy atom. The molecule has 0 radical (unpaired) electrons. The second kappa shape index (κ2) is 6.98. The minimum atomic E-state index is -0.471. The van der Waals surface area contributed by atoms with Crippen molar-refractivity contribution < 1.29 is 19.0 Å². The van der Waals surface area contributed by atoms with Crippen LogP contribution >= 0.6 is 0 Å². The first-order chi connectivity index (χ1) is 10.7. The summed E-state index contributed by atoms with van der Waals surface area (Å²) in [6.45, 7) is 2.94. The van der Waals surface area contributed by atoms with Gasteiger partial charge in [-0.05, 0) is 36.5 Å². The molecule has 1 aromatic carbocycles. The van der Waals surface area contributed by atoms with Crippen LogP contribution in [0.4, 0.5) is 0 Å². The van der Waals surface area contributed by atoms with E-state index >= 15 is 0 Å². The van der Waals surface area contributed by atoms with Gasteiger partial charge in [0.1, 0.15) is 13.2 Å². The second-order valence-electron chi connectivity index (χ2n) is 5.67. The maximum atomic E-state index is 12.2. The molecular weight excluding hydrogens is 284 g/mol. The van der Waals surface area contributed by atoms with Crippen LogP contribution in [0.15, 0.2) is 18.2 Å². The predicted molar refractivity (Wildman–Crippen MR) is 80.8 cm³/mol. The van der Waals surface area contributed by atoms with Crippen LogP contribution in [0, 0.1) is 5.92 Å². The number of carbonyl (C=O) groups excluding carboxylic acids is 1. The number of hydrogen-bond donors (Lipinski definition) is 2. The van der Waals surface area contributed by atoms with Gasteiger partial charge in [-0.25, -0.2) is 0 Å². The molecule has 3 N–H and O–H groups in total. The Hall–Kier alpha value is -1.79. The molecule has 3 rings (SSSR count). The molecule has 6 nitrogen and oxygen atoms in total. The first kappa shape index (κ1) is 15.1. The number of benzene rings is 1. The normalized spacial score (nSPS) is 19.5. The number of rotatable bonds is 4. The van der Waals surface area contributed by atoms with Crippen molar-refractivity contribution >= 4 is 5.91 Å². The van der Waals surface area contributed by atoms with Crippen LogP contribution in [0.25, 0.3) is 0 Å². The van der Waals surface area contributed by atoms with Crippen LogP contribution in [-0.4, -0.2) is 38.4 Å². The molecular formula is C16H22N2O4. The van der Waals surface area contributed by atoms with Crippen molar-refractivity contribution in [1.29, 1.82) is 0 Å². The fourth-order valence-electron chi connectivity index (χ4n) is 2.79. The molecule has 1 atom stereocenters. The van der Waals surface area contributed by atoms with Crippen molar-refractivity contribution in [2.45, 2.75) is 25.4 Å². The standard InChI is InChI=1S/C16H22N2O4/c17-15(12-3-5-20-6-4-12)16(19)18-10-11-1-2-13-14(9-11)22-8-7-21-13/h1-2,9,12,15H,3-8,10,17H2,(H,18,19). The first-order valence-corrected chi connectivity index (χ1v) is 7.73. The molecule has 120 valence electrons. The summed E-state index contributed by atoms with van der Waals surface area (Å²) in [6, 6.07) is 5.22. The largest absolute Gasteiger partial charge is 0.486 e. The van der Waals surface area contributed by atoms with Gasteiger partial charge in [0.05, 0.1) is 6.04 Å². The van der Waals surface area contributed by atoms with E-state index in [4.69, 9.17) is 19.9 Å². The zero-order valence-electron chi connectivity index (χ0n) is 12.5. The highest BCUT2D eigenvalue weighted by molar-refractivity contribution is 5.81. The third-order valence-corrected chi connectivity index (χ3v) is 4.15. The van der Waals surface area contributed by atoms with Gasteiger partial charge in [-0.2, -0.15) is 0 Å². The Morgan fingerprint density at radius 1 is 1.18 bits per heavy atom. The number of amides is 1. The van der Waals surface area contributed by atoms with Gasteiger partial charge in [-0.3, -0.25) is 4.79 Å². The number of ether oxygens (including phenoxy) is 3. The highest BCUT2D eigenvalue weighted by Crippen LogP contribution is 2.30. The molecule has 0 saturated carbocycles. The molecule has 6 heteroatoms. The van der Waals surface area contributed by atoms with Gasteiger partial charge >= 0.3 is 0 Å². The van der Waals surface area contributed by atoms with Crippen molar-refractivity contribution in [2.75, 3.05) is 26.4 Å². The maximum Gasteiger partial charge on any atom is 0.237 e. The van der Waals surface area contributed by atoms with Crippen LogP contribution in [0.2, 0.25) is 0 Å². The van der Waals surface area contributed by atoms with Gasteiger partial charge in [0.15, 0.2) is 11.5 Å². The van der Waals surface area contributed by atoms with Gasteiger partial charge in [-0.1, -0.05) is 6.07 Å². The zero-order chi connectivity index (χ0) is 15.4. The Morgan fingerprint density at radius 2 is 1.91 bits per heavy atom. The fourth-order valence-corrected chi connectivity index (χ4v) is 2.79. The lowest BCUT2D eigenvalue weighted by atomic mass is 9.92. The Bertz CT molecular complexity index is 529. The van der Waals surface area contributed by atoms with Crippen LogP contribution in [0.5, 0.6) is 11.5 Å². The zero-order valence-corrected chi connectivity index (χ0v) is 12.5. The molecule has 1 saturated heterocycles. The monoisotopic (exact) mass is 306 g/mol. The Labute approximate surface area is 129 Å². The molecule has 1 aromatic rings. The second-order valence-corrected chi connectivity index (χ2v) is 5.67. The van der Waals surface area contributed by atoms with Crippen molar-refractivity contribution in [1.82, 2.24) is 5.32 Å². The fraction of sp³-hybridized carbons (Fsp3) is 0.562. The topological polar surface area (TPSA) is 82.8 Å². The molecule has 2 aliphatic rings. The van der Waals surface area contributed by atoms with E-state index in [1.165, 1.54) is 0 Å². The van der Waals surface area contributed by atoms with Gasteiger partial charge < -0.3 is 25.3 Å². The Kier molecular flexibility index (Phi) is 4.80. The van der Waals surface area contributed by atoms with Crippen LogP contribution in [0.3, 0.4) is 0 Å². The molecule has 22 heavy (non-hydrogen) atoms. The van der Waals surface area contributed by atoms with E-state index in [2.05, 4.69) is 5.32 Å². The molecule has 2 heterocycles. The van der Waals surface area contributed by atoms with Gasteiger partial charge in [-0.15, -0.1) is 0 Å². The summed E-state index contributed by atoms with van der Waals surface area (Å²) >= 11 is 0. The lowest BCUT2D eigenvalue weighted by Gasteiger charge is -2.26. The van der Waals surface area contributed by atoms with E-state index in [1.807, 2.05) is 18.2 Å². The minimum Gasteiger partial charge on any atom is -0.486 e. The molecule has 0 spiro atoms. The summed E-state index contributed by atoms with van der Waals surface area (Å²) in [5, 5.41) is 2.90. The average Bonchev–Trinajstić information content (AvgIpc) is 2.59. The predicted octanol–water partition coefficient (Wildman–Crippen LogP) is 0.828. The van der Waals surface area contributed by atoms with Gasteiger partial charge in [0.25, 0.3) is 0 Å². The summed E-state index contributed by atoms with van der Waals surface area (Å²) in [7, 11) is 0. The number of carbonyl (C=O) groups is 1. The van der Waals surface area contributed by atoms with Crippen molar-refractivity contribution in [2.24, 2.45) is 11.7 Å². The van der Waals surface area contributed by atoms with E-state index in [0.717, 1.165) is 29.9 Å². The third kappa shape index (κ3) is 3.51. The van der Waals surface area contributed by atoms with Crippen LogP contribution in [0.1, 0.15) is 18.4 Å². The summed E-state index contributed by atoms with van der Waals surface area (Å²) in [6.07, 6.45) is 1.69. The minimum absolute atomic E-state index is 0.109. The lowest BCUT2D eigenvalue weighted by molar-refractivity contribution is -0.124. The van der Waals surface area contributed by atoms with E-state index in [9.17, 15) is 4.79 Å². The van der Waals surface area contributed by atoms with Crippen LogP contribution in [-0.2, 0) is 16.1 Å². The quantitative estimate of drug-likeness (QED) is 0.861. The van der Waals surface area contributed by atoms with E-state index < -0.39 is 6.04 Å². The van der Waals surface area contributed by atoms with E-state index in [-0.39, 0.29) is 11.8 Å². The Balaban J connectivity index is 1.54. The number of nitrogens with two attached hydrogens (primary N) is 1. The van der Waals surface area contributed by atoms with E-state index in [1.54, 1.807) is 0 Å². The number of fused-ring (bicyclic) bond motifs is 1. The van der Waals surface area contributed by atoms with Crippen LogP contribution < -0.4 is 20.5 Å². The number of hydrogen-bond acceptors (Lipinski definition) is 5. The maximum absolute atomic E-state index is 12.2. The van der Waals surface area contributed by atoms with Crippen molar-refractivity contribution in [3.8, 4) is 11.5 Å². The third-order valence-electron chi connectivity index (χ3n) is 4.15. The van der Waals surface area contributed by atoms with E-state index in [0.29, 0.717) is 33.0 Å². The highest BCUT2D eigenvalue weighted by atomic mass is 16.6. The highest BCUT2D eigenvalue weighted by Gasteiger charge is 2.26.